The van der Waals surface area contributed by atoms with E-state index in [0.717, 1.165) is 6.42 Å². The summed E-state index contributed by atoms with van der Waals surface area (Å²) in [7, 11) is 1.27. The number of allylic oxidation sites excluding steroid dienone is 1. The molecule has 0 bridgehead atoms. The lowest BCUT2D eigenvalue weighted by atomic mass is 10.0. The maximum Gasteiger partial charge on any atom is 0.341 e. The van der Waals surface area contributed by atoms with Crippen molar-refractivity contribution in [2.45, 2.75) is 19.8 Å². The zero-order valence-corrected chi connectivity index (χ0v) is 9.45. The second kappa shape index (κ2) is 5.90. The molecule has 0 amide bonds. The van der Waals surface area contributed by atoms with E-state index in [1.165, 1.54) is 7.11 Å². The van der Waals surface area contributed by atoms with Crippen molar-refractivity contribution in [2.24, 2.45) is 0 Å². The maximum atomic E-state index is 11.9. The van der Waals surface area contributed by atoms with E-state index in [2.05, 4.69) is 9.72 Å². The van der Waals surface area contributed by atoms with Crippen molar-refractivity contribution in [3.8, 4) is 0 Å². The Hall–Kier alpha value is -1.84. The molecule has 1 N–H and O–H groups in total. The molecule has 4 heteroatoms. The Morgan fingerprint density at radius 3 is 2.75 bits per heavy atom. The summed E-state index contributed by atoms with van der Waals surface area (Å²) in [5.41, 5.74) is 0.566. The van der Waals surface area contributed by atoms with Gasteiger partial charge in [-0.2, -0.15) is 0 Å². The number of carbonyl (C=O) groups excluding carboxylic acids is 2. The van der Waals surface area contributed by atoms with E-state index < -0.39 is 5.97 Å². The standard InChI is InChI=1S/C12H15NO3/c1-3-4-5-10(12(15)16-2)11(14)9-6-7-13-8-9/h5-8,13H,3-4H2,1-2H3/b10-5-. The van der Waals surface area contributed by atoms with E-state index in [1.807, 2.05) is 6.92 Å². The molecule has 0 spiro atoms. The SMILES string of the molecule is CCC/C=C(\C(=O)OC)C(=O)c1cc[nH]c1. The number of ketones is 1. The van der Waals surface area contributed by atoms with Gasteiger partial charge in [0.2, 0.25) is 5.78 Å². The van der Waals surface area contributed by atoms with Crippen LogP contribution < -0.4 is 0 Å². The van der Waals surface area contributed by atoms with Crippen molar-refractivity contribution < 1.29 is 14.3 Å². The molecular formula is C12H15NO3. The maximum absolute atomic E-state index is 11.9. The number of hydrogen-bond donors (Lipinski definition) is 1. The number of hydrogen-bond acceptors (Lipinski definition) is 3. The number of methoxy groups -OCH3 is 1. The fourth-order valence-corrected chi connectivity index (χ4v) is 1.29. The van der Waals surface area contributed by atoms with Crippen molar-refractivity contribution in [1.82, 2.24) is 4.98 Å². The van der Waals surface area contributed by atoms with Crippen LogP contribution in [0.25, 0.3) is 0 Å². The molecule has 1 aromatic heterocycles. The lowest BCUT2D eigenvalue weighted by molar-refractivity contribution is -0.135. The van der Waals surface area contributed by atoms with Crippen LogP contribution in [-0.4, -0.2) is 23.8 Å². The van der Waals surface area contributed by atoms with Crippen LogP contribution in [0.2, 0.25) is 0 Å². The molecule has 0 saturated carbocycles. The summed E-state index contributed by atoms with van der Waals surface area (Å²) in [6.45, 7) is 1.98. The summed E-state index contributed by atoms with van der Waals surface area (Å²) in [6, 6.07) is 1.63. The predicted molar refractivity (Wildman–Crippen MR) is 60.1 cm³/mol. The van der Waals surface area contributed by atoms with Gasteiger partial charge >= 0.3 is 5.97 Å². The number of unbranched alkanes of at least 4 members (excludes halogenated alkanes) is 1. The lowest BCUT2D eigenvalue weighted by Crippen LogP contribution is -2.14. The van der Waals surface area contributed by atoms with Crippen LogP contribution in [0.15, 0.2) is 30.1 Å². The van der Waals surface area contributed by atoms with Crippen LogP contribution in [0, 0.1) is 0 Å². The topological polar surface area (TPSA) is 59.2 Å². The van der Waals surface area contributed by atoms with Gasteiger partial charge < -0.3 is 9.72 Å². The highest BCUT2D eigenvalue weighted by Crippen LogP contribution is 2.10. The average Bonchev–Trinajstić information content (AvgIpc) is 2.82. The number of rotatable bonds is 5. The minimum atomic E-state index is -0.584. The highest BCUT2D eigenvalue weighted by Gasteiger charge is 2.20. The molecular weight excluding hydrogens is 206 g/mol. The molecule has 4 nitrogen and oxygen atoms in total. The molecule has 0 atom stereocenters. The summed E-state index contributed by atoms with van der Waals surface area (Å²) >= 11 is 0. The third-order valence-electron chi connectivity index (χ3n) is 2.15. The average molecular weight is 221 g/mol. The molecule has 86 valence electrons. The van der Waals surface area contributed by atoms with Gasteiger partial charge in [0.25, 0.3) is 0 Å². The molecule has 0 unspecified atom stereocenters. The lowest BCUT2D eigenvalue weighted by Gasteiger charge is -2.02. The van der Waals surface area contributed by atoms with Crippen LogP contribution in [0.3, 0.4) is 0 Å². The van der Waals surface area contributed by atoms with E-state index in [-0.39, 0.29) is 11.4 Å². The molecule has 16 heavy (non-hydrogen) atoms. The number of aromatic nitrogens is 1. The number of H-pyrrole nitrogens is 1. The monoisotopic (exact) mass is 221 g/mol. The number of esters is 1. The number of nitrogens with one attached hydrogen (secondary N) is 1. The van der Waals surface area contributed by atoms with Gasteiger partial charge in [-0.25, -0.2) is 4.79 Å². The van der Waals surface area contributed by atoms with E-state index >= 15 is 0 Å². The first-order chi connectivity index (χ1) is 7.70. The minimum absolute atomic E-state index is 0.101. The summed E-state index contributed by atoms with van der Waals surface area (Å²) in [5, 5.41) is 0. The normalized spacial score (nSPS) is 11.2. The van der Waals surface area contributed by atoms with E-state index in [1.54, 1.807) is 24.5 Å². The van der Waals surface area contributed by atoms with Crippen molar-refractivity contribution in [3.05, 3.63) is 35.7 Å². The quantitative estimate of drug-likeness (QED) is 0.272. The van der Waals surface area contributed by atoms with E-state index in [9.17, 15) is 9.59 Å². The van der Waals surface area contributed by atoms with Crippen molar-refractivity contribution in [2.75, 3.05) is 7.11 Å². The third-order valence-corrected chi connectivity index (χ3v) is 2.15. The summed E-state index contributed by atoms with van der Waals surface area (Å²) in [5.74, 6) is -0.888. The Bertz CT molecular complexity index is 390. The Labute approximate surface area is 94.3 Å². The Morgan fingerprint density at radius 2 is 2.25 bits per heavy atom. The Balaban J connectivity index is 2.93. The molecule has 0 aliphatic carbocycles. The molecule has 0 aliphatic rings. The second-order valence-electron chi connectivity index (χ2n) is 3.33. The van der Waals surface area contributed by atoms with E-state index in [0.29, 0.717) is 12.0 Å². The van der Waals surface area contributed by atoms with Gasteiger partial charge in [-0.3, -0.25) is 4.79 Å². The van der Waals surface area contributed by atoms with Crippen LogP contribution in [-0.2, 0) is 9.53 Å². The van der Waals surface area contributed by atoms with Crippen LogP contribution in [0.4, 0.5) is 0 Å². The summed E-state index contributed by atoms with van der Waals surface area (Å²) < 4.78 is 4.59. The fraction of sp³-hybridized carbons (Fsp3) is 0.333. The molecule has 1 aromatic rings. The van der Waals surface area contributed by atoms with Gasteiger partial charge in [0, 0.05) is 18.0 Å². The number of ether oxygens (including phenoxy) is 1. The van der Waals surface area contributed by atoms with Crippen molar-refractivity contribution in [3.63, 3.8) is 0 Å². The molecule has 1 heterocycles. The van der Waals surface area contributed by atoms with Crippen LogP contribution in [0.1, 0.15) is 30.1 Å². The second-order valence-corrected chi connectivity index (χ2v) is 3.33. The summed E-state index contributed by atoms with van der Waals surface area (Å²) in [6.07, 6.45) is 6.38. The third kappa shape index (κ3) is 2.82. The van der Waals surface area contributed by atoms with Gasteiger partial charge in [-0.05, 0) is 12.5 Å². The molecule has 1 rings (SSSR count). The van der Waals surface area contributed by atoms with Gasteiger partial charge in [0.1, 0.15) is 5.57 Å². The van der Waals surface area contributed by atoms with Crippen molar-refractivity contribution >= 4 is 11.8 Å². The minimum Gasteiger partial charge on any atom is -0.465 e. The first kappa shape index (κ1) is 12.2. The van der Waals surface area contributed by atoms with Crippen LogP contribution in [0.5, 0.6) is 0 Å². The molecule has 0 saturated heterocycles. The van der Waals surface area contributed by atoms with Gasteiger partial charge in [0.15, 0.2) is 0 Å². The zero-order valence-electron chi connectivity index (χ0n) is 9.45. The number of Topliss-reactive ketones (excluding diaryl/α,β-unsaturated/α-hetero) is 1. The fourth-order valence-electron chi connectivity index (χ4n) is 1.29. The van der Waals surface area contributed by atoms with Gasteiger partial charge in [0.05, 0.1) is 7.11 Å². The first-order valence-electron chi connectivity index (χ1n) is 5.16. The molecule has 0 aromatic carbocycles. The van der Waals surface area contributed by atoms with Crippen molar-refractivity contribution in [1.29, 1.82) is 0 Å². The molecule has 0 fully saturated rings. The smallest absolute Gasteiger partial charge is 0.341 e. The largest absolute Gasteiger partial charge is 0.465 e. The summed E-state index contributed by atoms with van der Waals surface area (Å²) in [4.78, 5) is 26.1. The Morgan fingerprint density at radius 1 is 1.50 bits per heavy atom. The first-order valence-corrected chi connectivity index (χ1v) is 5.16. The predicted octanol–water partition coefficient (Wildman–Crippen LogP) is 2.10. The van der Waals surface area contributed by atoms with Crippen LogP contribution >= 0.6 is 0 Å². The molecule has 0 aliphatic heterocycles. The highest BCUT2D eigenvalue weighted by molar-refractivity contribution is 6.24. The van der Waals surface area contributed by atoms with Gasteiger partial charge in [-0.1, -0.05) is 19.4 Å². The Kier molecular flexibility index (Phi) is 4.51. The van der Waals surface area contributed by atoms with E-state index in [4.69, 9.17) is 0 Å². The molecule has 0 radical (unpaired) electrons. The number of aromatic amines is 1. The highest BCUT2D eigenvalue weighted by atomic mass is 16.5. The number of carbonyl (C=O) groups is 2. The zero-order chi connectivity index (χ0) is 12.0. The van der Waals surface area contributed by atoms with Gasteiger partial charge in [-0.15, -0.1) is 0 Å².